The molecule has 0 unspecified atom stereocenters. The van der Waals surface area contributed by atoms with E-state index in [9.17, 15) is 18.0 Å². The first kappa shape index (κ1) is 17.6. The van der Waals surface area contributed by atoms with Crippen LogP contribution in [0.4, 0.5) is 0 Å². The van der Waals surface area contributed by atoms with Crippen LogP contribution in [0.2, 0.25) is 0 Å². The smallest absolute Gasteiger partial charge is 0.268 e. The Labute approximate surface area is 166 Å². The number of carbonyl (C=O) groups is 1. The van der Waals surface area contributed by atoms with Crippen LogP contribution in [0, 0.1) is 6.92 Å². The predicted octanol–water partition coefficient (Wildman–Crippen LogP) is 3.88. The van der Waals surface area contributed by atoms with Gasteiger partial charge in [-0.2, -0.15) is 0 Å². The Balaban J connectivity index is 1.99. The molecule has 0 atom stereocenters. The molecule has 6 heteroatoms. The van der Waals surface area contributed by atoms with Crippen molar-refractivity contribution in [3.8, 4) is 11.1 Å². The van der Waals surface area contributed by atoms with E-state index in [1.165, 1.54) is 12.1 Å². The third-order valence-electron chi connectivity index (χ3n) is 5.28. The third-order valence-corrected chi connectivity index (χ3v) is 7.10. The van der Waals surface area contributed by atoms with Crippen molar-refractivity contribution in [3.05, 3.63) is 93.8 Å². The molecule has 3 aromatic carbocycles. The van der Waals surface area contributed by atoms with Gasteiger partial charge in [0.25, 0.3) is 5.56 Å². The van der Waals surface area contributed by atoms with Gasteiger partial charge in [-0.1, -0.05) is 54.1 Å². The van der Waals surface area contributed by atoms with Crippen LogP contribution in [0.15, 0.2) is 81.3 Å². The zero-order valence-corrected chi connectivity index (χ0v) is 16.2. The Morgan fingerprint density at radius 2 is 1.41 bits per heavy atom. The number of H-pyrrole nitrogens is 1. The summed E-state index contributed by atoms with van der Waals surface area (Å²) in [6.07, 6.45) is 0. The lowest BCUT2D eigenvalue weighted by atomic mass is 9.84. The number of nitrogens with one attached hydrogen (secondary N) is 1. The Morgan fingerprint density at radius 1 is 0.759 bits per heavy atom. The summed E-state index contributed by atoms with van der Waals surface area (Å²) in [5.74, 6) is -0.190. The normalized spacial score (nSPS) is 12.8. The SMILES string of the molecule is Cc1ccc(S(=O)(=O)c2c3c4c(cccc4[nH]c2=O)C(=O)c2ccccc2-3)cc1. The maximum absolute atomic E-state index is 13.5. The molecule has 0 bridgehead atoms. The summed E-state index contributed by atoms with van der Waals surface area (Å²) in [6.45, 7) is 1.86. The van der Waals surface area contributed by atoms with Gasteiger partial charge in [-0.3, -0.25) is 9.59 Å². The van der Waals surface area contributed by atoms with Crippen molar-refractivity contribution in [1.29, 1.82) is 0 Å². The van der Waals surface area contributed by atoms with Crippen molar-refractivity contribution >= 4 is 26.5 Å². The van der Waals surface area contributed by atoms with Gasteiger partial charge in [0.2, 0.25) is 9.84 Å². The second kappa shape index (κ2) is 5.99. The molecule has 5 nitrogen and oxygen atoms in total. The van der Waals surface area contributed by atoms with E-state index < -0.39 is 15.4 Å². The first-order valence-corrected chi connectivity index (χ1v) is 10.5. The molecule has 1 heterocycles. The highest BCUT2D eigenvalue weighted by Gasteiger charge is 2.34. The molecular formula is C23H15NO4S. The van der Waals surface area contributed by atoms with Gasteiger partial charge in [0.15, 0.2) is 5.78 Å². The molecule has 1 aliphatic carbocycles. The highest BCUT2D eigenvalue weighted by atomic mass is 32.2. The third kappa shape index (κ3) is 2.42. The molecule has 1 aromatic heterocycles. The molecule has 0 aliphatic heterocycles. The minimum absolute atomic E-state index is 0.0380. The number of aryl methyl sites for hydroxylation is 1. The molecule has 0 amide bonds. The molecular weight excluding hydrogens is 386 g/mol. The lowest BCUT2D eigenvalue weighted by molar-refractivity contribution is 0.104. The van der Waals surface area contributed by atoms with Crippen LogP contribution in [0.25, 0.3) is 22.0 Å². The number of hydrogen-bond acceptors (Lipinski definition) is 4. The van der Waals surface area contributed by atoms with E-state index in [2.05, 4.69) is 4.98 Å². The molecule has 0 saturated carbocycles. The first-order valence-electron chi connectivity index (χ1n) is 9.04. The van der Waals surface area contributed by atoms with Gasteiger partial charge in [0.1, 0.15) is 4.90 Å². The van der Waals surface area contributed by atoms with E-state index in [4.69, 9.17) is 0 Å². The second-order valence-electron chi connectivity index (χ2n) is 7.08. The summed E-state index contributed by atoms with van der Waals surface area (Å²) < 4.78 is 27.0. The van der Waals surface area contributed by atoms with E-state index >= 15 is 0 Å². The number of rotatable bonds is 2. The van der Waals surface area contributed by atoms with Crippen LogP contribution in [-0.4, -0.2) is 19.2 Å². The Hall–Kier alpha value is -3.51. The summed E-state index contributed by atoms with van der Waals surface area (Å²) in [7, 11) is -4.12. The number of aromatic amines is 1. The maximum Gasteiger partial charge on any atom is 0.268 e. The molecule has 4 aromatic rings. The molecule has 0 fully saturated rings. The molecule has 5 rings (SSSR count). The van der Waals surface area contributed by atoms with Crippen LogP contribution in [0.5, 0.6) is 0 Å². The van der Waals surface area contributed by atoms with E-state index in [1.807, 2.05) is 6.92 Å². The number of hydrogen-bond donors (Lipinski definition) is 1. The number of carbonyl (C=O) groups excluding carboxylic acids is 1. The average molecular weight is 401 g/mol. The molecule has 142 valence electrons. The number of pyridine rings is 1. The summed E-state index contributed by atoms with van der Waals surface area (Å²) >= 11 is 0. The van der Waals surface area contributed by atoms with E-state index in [1.54, 1.807) is 54.6 Å². The van der Waals surface area contributed by atoms with Crippen LogP contribution in [0.1, 0.15) is 21.5 Å². The standard InChI is InChI=1S/C23H15NO4S/c1-13-9-11-14(12-10-13)29(27,28)22-20-15-5-2-3-6-16(15)21(25)17-7-4-8-18(19(17)20)24-23(22)26/h2-12H,1H3,(H,24,26). The molecule has 0 radical (unpaired) electrons. The van der Waals surface area contributed by atoms with Crippen LogP contribution >= 0.6 is 0 Å². The highest BCUT2D eigenvalue weighted by Crippen LogP contribution is 2.42. The number of fused-ring (bicyclic) bond motifs is 2. The van der Waals surface area contributed by atoms with Crippen molar-refractivity contribution in [2.75, 3.05) is 0 Å². The quantitative estimate of drug-likeness (QED) is 0.487. The van der Waals surface area contributed by atoms with Gasteiger partial charge in [0.05, 0.1) is 4.90 Å². The van der Waals surface area contributed by atoms with Gasteiger partial charge in [-0.15, -0.1) is 0 Å². The minimum atomic E-state index is -4.12. The van der Waals surface area contributed by atoms with Crippen LogP contribution in [0.3, 0.4) is 0 Å². The summed E-state index contributed by atoms with van der Waals surface area (Å²) in [4.78, 5) is 28.4. The highest BCUT2D eigenvalue weighted by molar-refractivity contribution is 7.91. The van der Waals surface area contributed by atoms with Crippen molar-refractivity contribution in [1.82, 2.24) is 4.98 Å². The van der Waals surface area contributed by atoms with Gasteiger partial charge in [-0.05, 0) is 30.7 Å². The number of benzene rings is 3. The maximum atomic E-state index is 13.5. The van der Waals surface area contributed by atoms with Crippen molar-refractivity contribution in [2.45, 2.75) is 16.7 Å². The van der Waals surface area contributed by atoms with Crippen molar-refractivity contribution in [2.24, 2.45) is 0 Å². The second-order valence-corrected chi connectivity index (χ2v) is 8.96. The Bertz CT molecular complexity index is 1500. The molecule has 29 heavy (non-hydrogen) atoms. The van der Waals surface area contributed by atoms with Crippen LogP contribution < -0.4 is 5.56 Å². The fraction of sp³-hybridized carbons (Fsp3) is 0.0435. The number of aromatic nitrogens is 1. The largest absolute Gasteiger partial charge is 0.321 e. The monoisotopic (exact) mass is 401 g/mol. The van der Waals surface area contributed by atoms with Crippen LogP contribution in [-0.2, 0) is 9.84 Å². The zero-order chi connectivity index (χ0) is 20.3. The van der Waals surface area contributed by atoms with E-state index in [-0.39, 0.29) is 21.1 Å². The lowest BCUT2D eigenvalue weighted by Gasteiger charge is -2.22. The Morgan fingerprint density at radius 3 is 2.14 bits per heavy atom. The molecule has 1 aliphatic rings. The summed E-state index contributed by atoms with van der Waals surface area (Å²) in [5, 5.41) is 0.460. The number of ketones is 1. The van der Waals surface area contributed by atoms with E-state index in [0.717, 1.165) is 5.56 Å². The molecule has 0 spiro atoms. The molecule has 0 saturated heterocycles. The summed E-state index contributed by atoms with van der Waals surface area (Å²) in [5.41, 5.74) is 2.16. The zero-order valence-electron chi connectivity index (χ0n) is 15.4. The van der Waals surface area contributed by atoms with Gasteiger partial charge < -0.3 is 4.98 Å². The topological polar surface area (TPSA) is 84.1 Å². The lowest BCUT2D eigenvalue weighted by Crippen LogP contribution is -2.23. The van der Waals surface area contributed by atoms with Gasteiger partial charge in [-0.25, -0.2) is 8.42 Å². The Kier molecular flexibility index (Phi) is 3.63. The first-order chi connectivity index (χ1) is 13.9. The van der Waals surface area contributed by atoms with Crippen molar-refractivity contribution in [3.63, 3.8) is 0 Å². The fourth-order valence-electron chi connectivity index (χ4n) is 3.91. The number of sulfone groups is 1. The predicted molar refractivity (Wildman–Crippen MR) is 110 cm³/mol. The van der Waals surface area contributed by atoms with Gasteiger partial charge >= 0.3 is 0 Å². The van der Waals surface area contributed by atoms with Crippen molar-refractivity contribution < 1.29 is 13.2 Å². The van der Waals surface area contributed by atoms with E-state index in [0.29, 0.717) is 27.6 Å². The average Bonchev–Trinajstić information content (AvgIpc) is 2.71. The summed E-state index contributed by atoms with van der Waals surface area (Å²) in [6, 6.07) is 18.2. The minimum Gasteiger partial charge on any atom is -0.321 e. The fourth-order valence-corrected chi connectivity index (χ4v) is 5.42. The van der Waals surface area contributed by atoms with Gasteiger partial charge in [0, 0.05) is 27.6 Å². The molecule has 1 N–H and O–H groups in total.